The first-order valence-corrected chi connectivity index (χ1v) is 14.0. The molecule has 0 aliphatic heterocycles. The Morgan fingerprint density at radius 2 is 1.90 bits per heavy atom. The average molecular weight is 589 g/mol. The highest BCUT2D eigenvalue weighted by atomic mass is 32.1. The maximum atomic E-state index is 14.0. The van der Waals surface area contributed by atoms with Crippen LogP contribution in [-0.4, -0.2) is 66.6 Å². The molecule has 1 atom stereocenters. The number of hydrogen-bond acceptors (Lipinski definition) is 9. The number of aromatic nitrogens is 5. The minimum absolute atomic E-state index is 0.0671. The Bertz CT molecular complexity index is 1620. The van der Waals surface area contributed by atoms with Crippen LogP contribution in [0.2, 0.25) is 0 Å². The third-order valence-electron chi connectivity index (χ3n) is 6.98. The molecule has 1 fully saturated rings. The molecule has 0 bridgehead atoms. The van der Waals surface area contributed by atoms with E-state index in [1.54, 1.807) is 13.8 Å². The minimum atomic E-state index is -1.01. The van der Waals surface area contributed by atoms with Gasteiger partial charge in [-0.3, -0.25) is 14.2 Å². The number of aliphatic hydroxyl groups excluding tert-OH is 2. The van der Waals surface area contributed by atoms with Crippen LogP contribution in [0.1, 0.15) is 43.4 Å². The van der Waals surface area contributed by atoms with Gasteiger partial charge in [-0.1, -0.05) is 11.3 Å². The summed E-state index contributed by atoms with van der Waals surface area (Å²) in [6.07, 6.45) is 6.13. The van der Waals surface area contributed by atoms with Crippen LogP contribution in [0.3, 0.4) is 0 Å². The number of rotatable bonds is 9. The maximum absolute atomic E-state index is 14.0. The number of benzene rings is 1. The monoisotopic (exact) mass is 588 g/mol. The van der Waals surface area contributed by atoms with E-state index in [4.69, 9.17) is 14.9 Å². The molecular formula is C27H33FN6O6S. The SMILES string of the molecule is COc1ccc(F)cc1CCn1c(=O)n(C(C)C(=O)NC2CCC2)c(=O)c2c(C)c(-n3nccn3)sc21.OCCO. The molecule has 4 aromatic rings. The van der Waals surface area contributed by atoms with Crippen molar-refractivity contribution >= 4 is 27.5 Å². The molecule has 0 spiro atoms. The number of aryl methyl sites for hydroxylation is 3. The van der Waals surface area contributed by atoms with Crippen molar-refractivity contribution in [2.24, 2.45) is 0 Å². The van der Waals surface area contributed by atoms with Gasteiger partial charge in [0.1, 0.15) is 27.4 Å². The van der Waals surface area contributed by atoms with Gasteiger partial charge in [-0.15, -0.1) is 4.80 Å². The quantitative estimate of drug-likeness (QED) is 0.267. The summed E-state index contributed by atoms with van der Waals surface area (Å²) in [5.74, 6) is -0.293. The molecule has 3 N–H and O–H groups in total. The standard InChI is InChI=1S/C25H27FN6O4S.C2H6O2/c1-14-20-22(34)31(15(2)21(33)29-18-5-4-6-18)25(35)30(24(20)37-23(14)32-27-10-11-28-32)12-9-16-13-17(26)7-8-19(16)36-3;3-1-2-4/h7-8,10-11,13,15,18H,4-6,9,12H2,1-3H3,(H,29,33);3-4H,1-2H2. The summed E-state index contributed by atoms with van der Waals surface area (Å²) < 4.78 is 21.8. The van der Waals surface area contributed by atoms with Crippen molar-refractivity contribution in [3.8, 4) is 10.8 Å². The van der Waals surface area contributed by atoms with Crippen LogP contribution in [0, 0.1) is 12.7 Å². The maximum Gasteiger partial charge on any atom is 0.332 e. The number of nitrogens with zero attached hydrogens (tertiary/aromatic N) is 5. The molecule has 1 amide bonds. The number of amides is 1. The fraction of sp³-hybridized carbons (Fsp3) is 0.444. The lowest BCUT2D eigenvalue weighted by molar-refractivity contribution is -0.125. The smallest absolute Gasteiger partial charge is 0.332 e. The first-order chi connectivity index (χ1) is 19.7. The third kappa shape index (κ3) is 6.24. The summed E-state index contributed by atoms with van der Waals surface area (Å²) in [6, 6.07) is 3.27. The molecule has 1 aromatic carbocycles. The van der Waals surface area contributed by atoms with Gasteiger partial charge in [-0.25, -0.2) is 13.8 Å². The molecule has 0 saturated heterocycles. The van der Waals surface area contributed by atoms with Crippen molar-refractivity contribution in [1.29, 1.82) is 0 Å². The summed E-state index contributed by atoms with van der Waals surface area (Å²) in [7, 11) is 1.50. The van der Waals surface area contributed by atoms with Crippen molar-refractivity contribution in [3.05, 3.63) is 68.4 Å². The number of carbonyl (C=O) groups excluding carboxylic acids is 1. The lowest BCUT2D eigenvalue weighted by Gasteiger charge is -2.28. The van der Waals surface area contributed by atoms with Crippen LogP contribution >= 0.6 is 11.3 Å². The highest BCUT2D eigenvalue weighted by molar-refractivity contribution is 7.21. The zero-order valence-electron chi connectivity index (χ0n) is 23.0. The number of ether oxygens (including phenoxy) is 1. The van der Waals surface area contributed by atoms with E-state index in [-0.39, 0.29) is 38.1 Å². The lowest BCUT2D eigenvalue weighted by Crippen LogP contribution is -2.49. The fourth-order valence-electron chi connectivity index (χ4n) is 4.57. The third-order valence-corrected chi connectivity index (χ3v) is 8.26. The largest absolute Gasteiger partial charge is 0.496 e. The van der Waals surface area contributed by atoms with E-state index in [1.807, 2.05) is 0 Å². The van der Waals surface area contributed by atoms with Crippen LogP contribution in [0.4, 0.5) is 4.39 Å². The highest BCUT2D eigenvalue weighted by Gasteiger charge is 2.28. The van der Waals surface area contributed by atoms with E-state index in [9.17, 15) is 18.8 Å². The van der Waals surface area contributed by atoms with E-state index in [2.05, 4.69) is 15.5 Å². The first kappa shape index (κ1) is 30.1. The van der Waals surface area contributed by atoms with E-state index < -0.39 is 23.1 Å². The normalized spacial score (nSPS) is 13.8. The fourth-order valence-corrected chi connectivity index (χ4v) is 5.81. The zero-order chi connectivity index (χ0) is 29.7. The topological polar surface area (TPSA) is 153 Å². The van der Waals surface area contributed by atoms with Crippen molar-refractivity contribution < 1.29 is 24.1 Å². The van der Waals surface area contributed by atoms with E-state index in [1.165, 1.54) is 58.4 Å². The number of aliphatic hydroxyl groups is 2. The van der Waals surface area contributed by atoms with Gasteiger partial charge < -0.3 is 20.3 Å². The predicted molar refractivity (Wildman–Crippen MR) is 151 cm³/mol. The van der Waals surface area contributed by atoms with Gasteiger partial charge in [0.25, 0.3) is 5.56 Å². The Balaban J connectivity index is 0.000000909. The molecule has 1 saturated carbocycles. The molecule has 5 rings (SSSR count). The number of fused-ring (bicyclic) bond motifs is 1. The van der Waals surface area contributed by atoms with Gasteiger partial charge in [-0.2, -0.15) is 10.2 Å². The molecule has 3 heterocycles. The lowest BCUT2D eigenvalue weighted by atomic mass is 9.93. The van der Waals surface area contributed by atoms with Crippen LogP contribution in [-0.2, 0) is 17.8 Å². The molecule has 14 heteroatoms. The summed E-state index contributed by atoms with van der Waals surface area (Å²) in [5.41, 5.74) is 0.0466. The number of nitrogens with one attached hydrogen (secondary N) is 1. The number of methoxy groups -OCH3 is 1. The van der Waals surface area contributed by atoms with Gasteiger partial charge in [0.15, 0.2) is 0 Å². The number of thiophene rings is 1. The summed E-state index contributed by atoms with van der Waals surface area (Å²) >= 11 is 1.22. The van der Waals surface area contributed by atoms with Gasteiger partial charge in [0.05, 0.1) is 38.1 Å². The Labute approximate surface area is 238 Å². The second-order valence-corrected chi connectivity index (χ2v) is 10.6. The van der Waals surface area contributed by atoms with Crippen LogP contribution in [0.15, 0.2) is 40.2 Å². The van der Waals surface area contributed by atoms with Gasteiger partial charge >= 0.3 is 5.69 Å². The summed E-state index contributed by atoms with van der Waals surface area (Å²) in [5, 5.41) is 27.5. The molecule has 1 aliphatic carbocycles. The number of halogens is 1. The molecule has 1 unspecified atom stereocenters. The molecule has 0 radical (unpaired) electrons. The Morgan fingerprint density at radius 1 is 1.22 bits per heavy atom. The summed E-state index contributed by atoms with van der Waals surface area (Å²) in [6.45, 7) is 3.21. The van der Waals surface area contributed by atoms with E-state index >= 15 is 0 Å². The van der Waals surface area contributed by atoms with Crippen molar-refractivity contribution in [1.82, 2.24) is 29.4 Å². The number of hydrogen-bond donors (Lipinski definition) is 3. The summed E-state index contributed by atoms with van der Waals surface area (Å²) in [4.78, 5) is 42.3. The van der Waals surface area contributed by atoms with Crippen LogP contribution < -0.4 is 21.3 Å². The van der Waals surface area contributed by atoms with Gasteiger partial charge in [-0.05, 0) is 63.3 Å². The highest BCUT2D eigenvalue weighted by Crippen LogP contribution is 2.31. The molecule has 41 heavy (non-hydrogen) atoms. The predicted octanol–water partition coefficient (Wildman–Crippen LogP) is 1.70. The molecule has 220 valence electrons. The molecule has 3 aromatic heterocycles. The Kier molecular flexibility index (Phi) is 9.68. The van der Waals surface area contributed by atoms with E-state index in [0.717, 1.165) is 23.8 Å². The van der Waals surface area contributed by atoms with Crippen molar-refractivity contribution in [3.63, 3.8) is 0 Å². The molecule has 1 aliphatic rings. The second kappa shape index (κ2) is 13.2. The van der Waals surface area contributed by atoms with Crippen molar-refractivity contribution in [2.75, 3.05) is 20.3 Å². The van der Waals surface area contributed by atoms with Crippen molar-refractivity contribution in [2.45, 2.75) is 58.2 Å². The molecule has 12 nitrogen and oxygen atoms in total. The number of carbonyl (C=O) groups is 1. The average Bonchev–Trinajstić information content (AvgIpc) is 3.59. The van der Waals surface area contributed by atoms with Crippen LogP contribution in [0.5, 0.6) is 5.75 Å². The second-order valence-electron chi connectivity index (χ2n) is 9.61. The molecular weight excluding hydrogens is 555 g/mol. The van der Waals surface area contributed by atoms with Crippen LogP contribution in [0.25, 0.3) is 15.2 Å². The minimum Gasteiger partial charge on any atom is -0.496 e. The van der Waals surface area contributed by atoms with E-state index in [0.29, 0.717) is 32.1 Å². The Hall–Kier alpha value is -3.88. The Morgan fingerprint density at radius 3 is 2.49 bits per heavy atom. The zero-order valence-corrected chi connectivity index (χ0v) is 23.9. The van der Waals surface area contributed by atoms with Gasteiger partial charge in [0, 0.05) is 18.2 Å². The first-order valence-electron chi connectivity index (χ1n) is 13.2. The van der Waals surface area contributed by atoms with Gasteiger partial charge in [0.2, 0.25) is 5.91 Å².